The zero-order valence-corrected chi connectivity index (χ0v) is 12.5. The number of aryl methyl sites for hydroxylation is 3. The number of rotatable bonds is 3. The van der Waals surface area contributed by atoms with Gasteiger partial charge >= 0.3 is 0 Å². The molecule has 0 aliphatic heterocycles. The Labute approximate surface area is 124 Å². The van der Waals surface area contributed by atoms with Crippen LogP contribution in [0.4, 0.5) is 11.5 Å². The van der Waals surface area contributed by atoms with Gasteiger partial charge < -0.3 is 9.88 Å². The Kier molecular flexibility index (Phi) is 3.22. The first-order valence-corrected chi connectivity index (χ1v) is 6.87. The fraction of sp³-hybridized carbons (Fsp3) is 0.176. The molecule has 0 spiro atoms. The Balaban J connectivity index is 2.12. The number of benzene rings is 1. The van der Waals surface area contributed by atoms with Crippen LogP contribution in [-0.2, 0) is 7.05 Å². The summed E-state index contributed by atoms with van der Waals surface area (Å²) in [5.74, 6) is 0.808. The predicted molar refractivity (Wildman–Crippen MR) is 87.8 cm³/mol. The zero-order valence-electron chi connectivity index (χ0n) is 12.5. The topological polar surface area (TPSA) is 42.7 Å². The third-order valence-electron chi connectivity index (χ3n) is 3.70. The van der Waals surface area contributed by atoms with Crippen molar-refractivity contribution in [2.24, 2.45) is 7.05 Å². The van der Waals surface area contributed by atoms with Crippen LogP contribution in [0, 0.1) is 13.8 Å². The van der Waals surface area contributed by atoms with Gasteiger partial charge in [-0.05, 0) is 37.6 Å². The van der Waals surface area contributed by atoms with Gasteiger partial charge in [-0.1, -0.05) is 24.3 Å². The van der Waals surface area contributed by atoms with Crippen molar-refractivity contribution in [1.29, 1.82) is 0 Å². The van der Waals surface area contributed by atoms with Crippen LogP contribution in [0.15, 0.2) is 37.2 Å². The maximum atomic E-state index is 4.40. The molecule has 0 aliphatic carbocycles. The lowest BCUT2D eigenvalue weighted by Crippen LogP contribution is -2.00. The van der Waals surface area contributed by atoms with Crippen molar-refractivity contribution in [3.8, 4) is 0 Å². The molecule has 0 unspecified atom stereocenters. The number of nitrogens with one attached hydrogen (secondary N) is 1. The summed E-state index contributed by atoms with van der Waals surface area (Å²) in [6.07, 6.45) is 3.41. The monoisotopic (exact) mass is 278 g/mol. The lowest BCUT2D eigenvalue weighted by molar-refractivity contribution is 0.950. The number of nitrogens with zero attached hydrogens (tertiary/aromatic N) is 3. The second-order valence-electron chi connectivity index (χ2n) is 5.23. The Morgan fingerprint density at radius 3 is 2.71 bits per heavy atom. The summed E-state index contributed by atoms with van der Waals surface area (Å²) in [4.78, 5) is 8.73. The van der Waals surface area contributed by atoms with Crippen LogP contribution in [0.5, 0.6) is 0 Å². The van der Waals surface area contributed by atoms with E-state index in [1.165, 1.54) is 11.1 Å². The number of hydrogen-bond donors (Lipinski definition) is 1. The van der Waals surface area contributed by atoms with Crippen molar-refractivity contribution < 1.29 is 0 Å². The molecule has 0 radical (unpaired) electrons. The molecule has 106 valence electrons. The Morgan fingerprint density at radius 1 is 1.19 bits per heavy atom. The first-order valence-electron chi connectivity index (χ1n) is 6.87. The molecular weight excluding hydrogens is 260 g/mol. The van der Waals surface area contributed by atoms with Gasteiger partial charge in [0.1, 0.15) is 11.8 Å². The molecule has 3 rings (SSSR count). The Morgan fingerprint density at radius 2 is 2.00 bits per heavy atom. The predicted octanol–water partition coefficient (Wildman–Crippen LogP) is 3.97. The van der Waals surface area contributed by atoms with Gasteiger partial charge in [0.25, 0.3) is 0 Å². The Bertz CT molecular complexity index is 830. The number of anilines is 2. The minimum atomic E-state index is 0.808. The van der Waals surface area contributed by atoms with Crippen molar-refractivity contribution in [1.82, 2.24) is 14.5 Å². The maximum absolute atomic E-state index is 4.40. The first-order chi connectivity index (χ1) is 10.1. The molecule has 4 heteroatoms. The number of aromatic nitrogens is 3. The van der Waals surface area contributed by atoms with E-state index in [9.17, 15) is 0 Å². The molecule has 0 aliphatic rings. The number of hydrogen-bond acceptors (Lipinski definition) is 3. The first kappa shape index (κ1) is 13.4. The highest BCUT2D eigenvalue weighted by Gasteiger charge is 2.11. The fourth-order valence-corrected chi connectivity index (χ4v) is 2.56. The van der Waals surface area contributed by atoms with Gasteiger partial charge in [-0.25, -0.2) is 9.97 Å². The van der Waals surface area contributed by atoms with E-state index in [0.717, 1.165) is 28.2 Å². The molecule has 0 atom stereocenters. The molecule has 0 saturated carbocycles. The minimum absolute atomic E-state index is 0.808. The van der Waals surface area contributed by atoms with E-state index >= 15 is 0 Å². The zero-order chi connectivity index (χ0) is 15.0. The molecule has 3 aromatic rings. The largest absolute Gasteiger partial charge is 0.340 e. The van der Waals surface area contributed by atoms with Crippen LogP contribution in [0.2, 0.25) is 0 Å². The van der Waals surface area contributed by atoms with E-state index in [0.29, 0.717) is 0 Å². The lowest BCUT2D eigenvalue weighted by atomic mass is 10.1. The third kappa shape index (κ3) is 2.29. The molecule has 2 aromatic heterocycles. The molecule has 0 saturated heterocycles. The van der Waals surface area contributed by atoms with E-state index in [2.05, 4.69) is 53.9 Å². The summed E-state index contributed by atoms with van der Waals surface area (Å²) in [5.41, 5.74) is 6.41. The summed E-state index contributed by atoms with van der Waals surface area (Å²) < 4.78 is 2.05. The Hall–Kier alpha value is -2.62. The summed E-state index contributed by atoms with van der Waals surface area (Å²) in [7, 11) is 2.00. The SMILES string of the molecule is C=Cc1cc2ncnc(Nc3ccc(C)cc3C)c2n1C. The lowest BCUT2D eigenvalue weighted by Gasteiger charge is -2.11. The van der Waals surface area contributed by atoms with Crippen molar-refractivity contribution in [2.45, 2.75) is 13.8 Å². The average molecular weight is 278 g/mol. The van der Waals surface area contributed by atoms with E-state index in [-0.39, 0.29) is 0 Å². The molecule has 4 nitrogen and oxygen atoms in total. The summed E-state index contributed by atoms with van der Waals surface area (Å²) >= 11 is 0. The smallest absolute Gasteiger partial charge is 0.158 e. The van der Waals surface area contributed by atoms with Gasteiger partial charge in [-0.15, -0.1) is 0 Å². The van der Waals surface area contributed by atoms with Crippen molar-refractivity contribution in [2.75, 3.05) is 5.32 Å². The van der Waals surface area contributed by atoms with Crippen LogP contribution in [0.1, 0.15) is 16.8 Å². The van der Waals surface area contributed by atoms with E-state index in [4.69, 9.17) is 0 Å². The molecule has 0 amide bonds. The normalized spacial score (nSPS) is 10.8. The van der Waals surface area contributed by atoms with Crippen LogP contribution < -0.4 is 5.32 Å². The molecule has 21 heavy (non-hydrogen) atoms. The molecular formula is C17H18N4. The van der Waals surface area contributed by atoms with Crippen molar-refractivity contribution in [3.05, 3.63) is 54.0 Å². The molecule has 0 bridgehead atoms. The minimum Gasteiger partial charge on any atom is -0.340 e. The highest BCUT2D eigenvalue weighted by molar-refractivity contribution is 5.90. The molecule has 2 heterocycles. The highest BCUT2D eigenvalue weighted by atomic mass is 15.1. The summed E-state index contributed by atoms with van der Waals surface area (Å²) in [6, 6.07) is 8.34. The van der Waals surface area contributed by atoms with Crippen LogP contribution in [-0.4, -0.2) is 14.5 Å². The van der Waals surface area contributed by atoms with Gasteiger partial charge in [0.05, 0.1) is 5.52 Å². The van der Waals surface area contributed by atoms with Gasteiger partial charge in [0, 0.05) is 18.4 Å². The quantitative estimate of drug-likeness (QED) is 0.788. The van der Waals surface area contributed by atoms with Crippen molar-refractivity contribution in [3.63, 3.8) is 0 Å². The van der Waals surface area contributed by atoms with Crippen molar-refractivity contribution >= 4 is 28.6 Å². The average Bonchev–Trinajstić information content (AvgIpc) is 2.79. The second-order valence-corrected chi connectivity index (χ2v) is 5.23. The standard InChI is InChI=1S/C17H18N4/c1-5-13-9-15-16(21(13)4)17(19-10-18-15)20-14-7-6-11(2)8-12(14)3/h5-10H,1H2,2-4H3,(H,18,19,20). The molecule has 1 aromatic carbocycles. The molecule has 0 fully saturated rings. The van der Waals surface area contributed by atoms with Gasteiger partial charge in [-0.2, -0.15) is 0 Å². The van der Waals surface area contributed by atoms with Crippen LogP contribution >= 0.6 is 0 Å². The van der Waals surface area contributed by atoms with E-state index in [1.807, 2.05) is 23.8 Å². The van der Waals surface area contributed by atoms with Gasteiger partial charge in [0.2, 0.25) is 0 Å². The molecule has 1 N–H and O–H groups in total. The maximum Gasteiger partial charge on any atom is 0.158 e. The van der Waals surface area contributed by atoms with Gasteiger partial charge in [-0.3, -0.25) is 0 Å². The van der Waals surface area contributed by atoms with Crippen LogP contribution in [0.25, 0.3) is 17.1 Å². The fourth-order valence-electron chi connectivity index (χ4n) is 2.56. The highest BCUT2D eigenvalue weighted by Crippen LogP contribution is 2.27. The van der Waals surface area contributed by atoms with E-state index < -0.39 is 0 Å². The van der Waals surface area contributed by atoms with E-state index in [1.54, 1.807) is 6.33 Å². The number of fused-ring (bicyclic) bond motifs is 1. The third-order valence-corrected chi connectivity index (χ3v) is 3.70. The second kappa shape index (κ2) is 5.05. The van der Waals surface area contributed by atoms with Gasteiger partial charge in [0.15, 0.2) is 5.82 Å². The summed E-state index contributed by atoms with van der Waals surface area (Å²) in [6.45, 7) is 8.02. The summed E-state index contributed by atoms with van der Waals surface area (Å²) in [5, 5.41) is 3.41. The van der Waals surface area contributed by atoms with Crippen LogP contribution in [0.3, 0.4) is 0 Å².